The number of hydrogen-bond acceptors (Lipinski definition) is 1. The number of benzene rings is 1. The van der Waals surface area contributed by atoms with Crippen LogP contribution in [0.1, 0.15) is 44.6 Å². The van der Waals surface area contributed by atoms with E-state index >= 15 is 0 Å². The predicted molar refractivity (Wildman–Crippen MR) is 69.4 cm³/mol. The SMILES string of the molecule is CCC(CN)(c1ccccc1)C1CCCC1. The fourth-order valence-corrected chi connectivity index (χ4v) is 3.41. The molecule has 1 heteroatoms. The lowest BCUT2D eigenvalue weighted by Crippen LogP contribution is -2.40. The lowest BCUT2D eigenvalue weighted by Gasteiger charge is -2.38. The van der Waals surface area contributed by atoms with Crippen molar-refractivity contribution < 1.29 is 0 Å². The zero-order valence-corrected chi connectivity index (χ0v) is 10.3. The molecule has 1 atom stereocenters. The van der Waals surface area contributed by atoms with Gasteiger partial charge in [0.1, 0.15) is 0 Å². The largest absolute Gasteiger partial charge is 0.330 e. The Bertz CT molecular complexity index is 307. The molecule has 0 saturated heterocycles. The van der Waals surface area contributed by atoms with Gasteiger partial charge in [0.15, 0.2) is 0 Å². The summed E-state index contributed by atoms with van der Waals surface area (Å²) in [7, 11) is 0. The maximum atomic E-state index is 6.13. The van der Waals surface area contributed by atoms with Crippen LogP contribution in [0.3, 0.4) is 0 Å². The van der Waals surface area contributed by atoms with E-state index < -0.39 is 0 Å². The van der Waals surface area contributed by atoms with Crippen LogP contribution in [0.15, 0.2) is 30.3 Å². The number of rotatable bonds is 4. The van der Waals surface area contributed by atoms with E-state index in [-0.39, 0.29) is 5.41 Å². The van der Waals surface area contributed by atoms with Gasteiger partial charge in [-0.3, -0.25) is 0 Å². The third-order valence-corrected chi connectivity index (χ3v) is 4.48. The average molecular weight is 217 g/mol. The molecule has 1 saturated carbocycles. The molecule has 1 aliphatic carbocycles. The van der Waals surface area contributed by atoms with Crippen molar-refractivity contribution >= 4 is 0 Å². The van der Waals surface area contributed by atoms with Crippen LogP contribution >= 0.6 is 0 Å². The Morgan fingerprint density at radius 2 is 1.81 bits per heavy atom. The van der Waals surface area contributed by atoms with Gasteiger partial charge in [-0.05, 0) is 30.7 Å². The lowest BCUT2D eigenvalue weighted by atomic mass is 9.67. The van der Waals surface area contributed by atoms with Crippen LogP contribution in [0.25, 0.3) is 0 Å². The van der Waals surface area contributed by atoms with Crippen LogP contribution in [0.4, 0.5) is 0 Å². The van der Waals surface area contributed by atoms with Crippen molar-refractivity contribution in [3.05, 3.63) is 35.9 Å². The van der Waals surface area contributed by atoms with E-state index in [1.54, 1.807) is 0 Å². The Morgan fingerprint density at radius 3 is 2.31 bits per heavy atom. The summed E-state index contributed by atoms with van der Waals surface area (Å²) in [4.78, 5) is 0. The minimum atomic E-state index is 0.234. The molecule has 16 heavy (non-hydrogen) atoms. The molecule has 0 bridgehead atoms. The Balaban J connectivity index is 2.34. The van der Waals surface area contributed by atoms with Crippen molar-refractivity contribution in [3.63, 3.8) is 0 Å². The van der Waals surface area contributed by atoms with Crippen LogP contribution in [-0.2, 0) is 5.41 Å². The molecule has 1 aromatic rings. The highest BCUT2D eigenvalue weighted by Gasteiger charge is 2.38. The van der Waals surface area contributed by atoms with Gasteiger partial charge in [-0.15, -0.1) is 0 Å². The summed E-state index contributed by atoms with van der Waals surface area (Å²) in [6, 6.07) is 10.9. The Kier molecular flexibility index (Phi) is 3.65. The molecule has 1 fully saturated rings. The van der Waals surface area contributed by atoms with Crippen LogP contribution in [0.2, 0.25) is 0 Å². The Morgan fingerprint density at radius 1 is 1.19 bits per heavy atom. The van der Waals surface area contributed by atoms with Crippen LogP contribution in [0.5, 0.6) is 0 Å². The van der Waals surface area contributed by atoms with Crippen molar-refractivity contribution in [1.82, 2.24) is 0 Å². The van der Waals surface area contributed by atoms with E-state index in [4.69, 9.17) is 5.73 Å². The van der Waals surface area contributed by atoms with Crippen LogP contribution in [0, 0.1) is 5.92 Å². The van der Waals surface area contributed by atoms with E-state index in [2.05, 4.69) is 37.3 Å². The first-order valence-electron chi connectivity index (χ1n) is 6.59. The highest BCUT2D eigenvalue weighted by Crippen LogP contribution is 2.43. The van der Waals surface area contributed by atoms with Gasteiger partial charge in [0.25, 0.3) is 0 Å². The molecule has 0 amide bonds. The van der Waals surface area contributed by atoms with Gasteiger partial charge in [-0.2, -0.15) is 0 Å². The second-order valence-electron chi connectivity index (χ2n) is 5.06. The molecule has 0 heterocycles. The summed E-state index contributed by atoms with van der Waals surface area (Å²) in [6.45, 7) is 3.08. The van der Waals surface area contributed by atoms with Crippen molar-refractivity contribution in [2.75, 3.05) is 6.54 Å². The minimum Gasteiger partial charge on any atom is -0.330 e. The van der Waals surface area contributed by atoms with Crippen molar-refractivity contribution in [1.29, 1.82) is 0 Å². The summed E-state index contributed by atoms with van der Waals surface area (Å²) in [6.07, 6.45) is 6.66. The second kappa shape index (κ2) is 5.01. The maximum absolute atomic E-state index is 6.13. The molecule has 1 aliphatic rings. The monoisotopic (exact) mass is 217 g/mol. The molecular weight excluding hydrogens is 194 g/mol. The summed E-state index contributed by atoms with van der Waals surface area (Å²) in [5.74, 6) is 0.796. The summed E-state index contributed by atoms with van der Waals surface area (Å²) in [5, 5.41) is 0. The normalized spacial score (nSPS) is 20.9. The van der Waals surface area contributed by atoms with Gasteiger partial charge >= 0.3 is 0 Å². The van der Waals surface area contributed by atoms with Gasteiger partial charge in [-0.25, -0.2) is 0 Å². The van der Waals surface area contributed by atoms with Crippen molar-refractivity contribution in [2.24, 2.45) is 11.7 Å². The Hall–Kier alpha value is -0.820. The fraction of sp³-hybridized carbons (Fsp3) is 0.600. The Labute approximate surface area is 99.0 Å². The summed E-state index contributed by atoms with van der Waals surface area (Å²) < 4.78 is 0. The van der Waals surface area contributed by atoms with E-state index in [9.17, 15) is 0 Å². The van der Waals surface area contributed by atoms with Gasteiger partial charge in [-0.1, -0.05) is 50.1 Å². The van der Waals surface area contributed by atoms with E-state index in [0.717, 1.165) is 18.9 Å². The zero-order chi connectivity index (χ0) is 11.4. The highest BCUT2D eigenvalue weighted by atomic mass is 14.6. The van der Waals surface area contributed by atoms with Gasteiger partial charge in [0.2, 0.25) is 0 Å². The third-order valence-electron chi connectivity index (χ3n) is 4.48. The number of nitrogens with two attached hydrogens (primary N) is 1. The van der Waals surface area contributed by atoms with Gasteiger partial charge in [0.05, 0.1) is 0 Å². The minimum absolute atomic E-state index is 0.234. The molecule has 2 N–H and O–H groups in total. The van der Waals surface area contributed by atoms with Crippen molar-refractivity contribution in [2.45, 2.75) is 44.4 Å². The second-order valence-corrected chi connectivity index (χ2v) is 5.06. The first-order valence-corrected chi connectivity index (χ1v) is 6.59. The van der Waals surface area contributed by atoms with E-state index in [0.29, 0.717) is 0 Å². The number of hydrogen-bond donors (Lipinski definition) is 1. The topological polar surface area (TPSA) is 26.0 Å². The van der Waals surface area contributed by atoms with Gasteiger partial charge in [0, 0.05) is 12.0 Å². The molecule has 88 valence electrons. The molecule has 0 aromatic heterocycles. The molecule has 1 nitrogen and oxygen atoms in total. The molecule has 1 aromatic carbocycles. The highest BCUT2D eigenvalue weighted by molar-refractivity contribution is 5.27. The van der Waals surface area contributed by atoms with E-state index in [1.165, 1.54) is 31.2 Å². The quantitative estimate of drug-likeness (QED) is 0.821. The predicted octanol–water partition coefficient (Wildman–Crippen LogP) is 3.48. The lowest BCUT2D eigenvalue weighted by molar-refractivity contribution is 0.268. The molecule has 0 radical (unpaired) electrons. The first kappa shape index (κ1) is 11.7. The van der Waals surface area contributed by atoms with Gasteiger partial charge < -0.3 is 5.73 Å². The van der Waals surface area contributed by atoms with E-state index in [1.807, 2.05) is 0 Å². The first-order chi connectivity index (χ1) is 7.83. The average Bonchev–Trinajstić information content (AvgIpc) is 2.87. The molecule has 1 unspecified atom stereocenters. The standard InChI is InChI=1S/C15H23N/c1-2-15(12-16,14-10-6-7-11-14)13-8-4-3-5-9-13/h3-5,8-9,14H,2,6-7,10-12,16H2,1H3. The maximum Gasteiger partial charge on any atom is 0.0101 e. The molecule has 0 aliphatic heterocycles. The fourth-order valence-electron chi connectivity index (χ4n) is 3.41. The molecule has 0 spiro atoms. The van der Waals surface area contributed by atoms with Crippen LogP contribution < -0.4 is 5.73 Å². The third kappa shape index (κ3) is 1.89. The molecular formula is C15H23N. The van der Waals surface area contributed by atoms with Crippen LogP contribution in [-0.4, -0.2) is 6.54 Å². The molecule has 2 rings (SSSR count). The smallest absolute Gasteiger partial charge is 0.0101 e. The summed E-state index contributed by atoms with van der Waals surface area (Å²) in [5.41, 5.74) is 7.81. The van der Waals surface area contributed by atoms with Crippen molar-refractivity contribution in [3.8, 4) is 0 Å². The summed E-state index contributed by atoms with van der Waals surface area (Å²) >= 11 is 0. The zero-order valence-electron chi connectivity index (χ0n) is 10.3.